The van der Waals surface area contributed by atoms with E-state index in [-0.39, 0.29) is 12.1 Å². The zero-order valence-corrected chi connectivity index (χ0v) is 14.5. The quantitative estimate of drug-likeness (QED) is 0.714. The first-order chi connectivity index (χ1) is 12.7. The summed E-state index contributed by atoms with van der Waals surface area (Å²) < 4.78 is 3.74. The summed E-state index contributed by atoms with van der Waals surface area (Å²) in [5.74, 6) is 1.25. The Kier molecular flexibility index (Phi) is 4.39. The normalized spacial score (nSPS) is 14.8. The van der Waals surface area contributed by atoms with E-state index in [0.29, 0.717) is 5.92 Å². The van der Waals surface area contributed by atoms with Crippen LogP contribution in [0.4, 0.5) is 10.5 Å². The highest BCUT2D eigenvalue weighted by Crippen LogP contribution is 2.40. The SMILES string of the molecule is CCn1ncnc1[C@@H](NC(=O)Nc1ccc(-n2ccnc2)cc1)C1CC1. The maximum absolute atomic E-state index is 12.5. The lowest BCUT2D eigenvalue weighted by atomic mass is 10.1. The van der Waals surface area contributed by atoms with Crippen LogP contribution in [0, 0.1) is 5.92 Å². The summed E-state index contributed by atoms with van der Waals surface area (Å²) in [7, 11) is 0. The van der Waals surface area contributed by atoms with Crippen molar-refractivity contribution in [3.8, 4) is 5.69 Å². The van der Waals surface area contributed by atoms with Gasteiger partial charge in [-0.25, -0.2) is 19.4 Å². The van der Waals surface area contributed by atoms with E-state index in [2.05, 4.69) is 25.7 Å². The molecule has 2 amide bonds. The monoisotopic (exact) mass is 351 g/mol. The van der Waals surface area contributed by atoms with Gasteiger partial charge in [0.2, 0.25) is 0 Å². The number of carbonyl (C=O) groups excluding carboxylic acids is 1. The predicted molar refractivity (Wildman–Crippen MR) is 96.9 cm³/mol. The van der Waals surface area contributed by atoms with E-state index >= 15 is 0 Å². The summed E-state index contributed by atoms with van der Waals surface area (Å²) in [4.78, 5) is 20.9. The van der Waals surface area contributed by atoms with E-state index in [4.69, 9.17) is 0 Å². The number of rotatable bonds is 6. The molecular formula is C18H21N7O. The van der Waals surface area contributed by atoms with Gasteiger partial charge in [0.05, 0.1) is 12.4 Å². The number of carbonyl (C=O) groups is 1. The lowest BCUT2D eigenvalue weighted by molar-refractivity contribution is 0.246. The average molecular weight is 351 g/mol. The van der Waals surface area contributed by atoms with Crippen LogP contribution in [-0.2, 0) is 6.54 Å². The molecule has 4 rings (SSSR count). The molecule has 8 nitrogen and oxygen atoms in total. The van der Waals surface area contributed by atoms with Gasteiger partial charge >= 0.3 is 6.03 Å². The van der Waals surface area contributed by atoms with Crippen molar-refractivity contribution in [1.29, 1.82) is 0 Å². The van der Waals surface area contributed by atoms with Crippen LogP contribution in [0.3, 0.4) is 0 Å². The summed E-state index contributed by atoms with van der Waals surface area (Å²) in [6, 6.07) is 7.27. The first kappa shape index (κ1) is 16.3. The molecule has 26 heavy (non-hydrogen) atoms. The minimum Gasteiger partial charge on any atom is -0.328 e. The first-order valence-corrected chi connectivity index (χ1v) is 8.78. The van der Waals surface area contributed by atoms with Crippen molar-refractivity contribution in [2.75, 3.05) is 5.32 Å². The molecule has 1 saturated carbocycles. The molecule has 0 unspecified atom stereocenters. The van der Waals surface area contributed by atoms with Crippen LogP contribution in [-0.4, -0.2) is 30.3 Å². The standard InChI is InChI=1S/C18H21N7O/c1-2-25-17(20-11-21-25)16(13-3-4-13)23-18(26)22-14-5-7-15(8-6-14)24-10-9-19-12-24/h5-13,16H,2-4H2,1H3,(H2,22,23,26)/t16-/m0/s1. The van der Waals surface area contributed by atoms with Crippen molar-refractivity contribution in [2.45, 2.75) is 32.4 Å². The zero-order valence-electron chi connectivity index (χ0n) is 14.5. The summed E-state index contributed by atoms with van der Waals surface area (Å²) in [6.07, 6.45) is 9.08. The van der Waals surface area contributed by atoms with Crippen LogP contribution >= 0.6 is 0 Å². The van der Waals surface area contributed by atoms with Gasteiger partial charge in [-0.3, -0.25) is 0 Å². The molecule has 3 aromatic rings. The Morgan fingerprint density at radius 2 is 2.12 bits per heavy atom. The molecule has 1 atom stereocenters. The first-order valence-electron chi connectivity index (χ1n) is 8.78. The Morgan fingerprint density at radius 1 is 1.31 bits per heavy atom. The van der Waals surface area contributed by atoms with E-state index in [0.717, 1.165) is 36.6 Å². The Labute approximate surface area is 151 Å². The van der Waals surface area contributed by atoms with Crippen molar-refractivity contribution in [1.82, 2.24) is 29.6 Å². The van der Waals surface area contributed by atoms with Gasteiger partial charge in [-0.05, 0) is 49.9 Å². The number of amides is 2. The summed E-state index contributed by atoms with van der Waals surface area (Å²) >= 11 is 0. The Balaban J connectivity index is 1.42. The summed E-state index contributed by atoms with van der Waals surface area (Å²) in [5.41, 5.74) is 1.72. The maximum Gasteiger partial charge on any atom is 0.319 e. The smallest absolute Gasteiger partial charge is 0.319 e. The van der Waals surface area contributed by atoms with Gasteiger partial charge in [-0.2, -0.15) is 5.10 Å². The van der Waals surface area contributed by atoms with E-state index in [1.807, 2.05) is 46.6 Å². The summed E-state index contributed by atoms with van der Waals surface area (Å²) in [6.45, 7) is 2.75. The minimum atomic E-state index is -0.233. The number of aryl methyl sites for hydroxylation is 1. The van der Waals surface area contributed by atoms with Crippen LogP contribution < -0.4 is 10.6 Å². The molecular weight excluding hydrogens is 330 g/mol. The van der Waals surface area contributed by atoms with E-state index in [1.165, 1.54) is 0 Å². The molecule has 8 heteroatoms. The fraction of sp³-hybridized carbons (Fsp3) is 0.333. The maximum atomic E-state index is 12.5. The van der Waals surface area contributed by atoms with Gasteiger partial charge in [0.1, 0.15) is 12.2 Å². The Bertz CT molecular complexity index is 865. The van der Waals surface area contributed by atoms with Gasteiger partial charge < -0.3 is 15.2 Å². The van der Waals surface area contributed by atoms with Crippen LogP contribution in [0.25, 0.3) is 5.69 Å². The third kappa shape index (κ3) is 3.44. The van der Waals surface area contributed by atoms with Gasteiger partial charge in [-0.1, -0.05) is 0 Å². The number of imidazole rings is 1. The molecule has 1 aliphatic carbocycles. The van der Waals surface area contributed by atoms with Gasteiger partial charge in [0.15, 0.2) is 0 Å². The fourth-order valence-corrected chi connectivity index (χ4v) is 3.02. The molecule has 0 spiro atoms. The van der Waals surface area contributed by atoms with Crippen LogP contribution in [0.5, 0.6) is 0 Å². The Hall–Kier alpha value is -3.16. The summed E-state index contributed by atoms with van der Waals surface area (Å²) in [5, 5.41) is 10.2. The van der Waals surface area contributed by atoms with Crippen LogP contribution in [0.2, 0.25) is 0 Å². The zero-order chi connectivity index (χ0) is 17.9. The Morgan fingerprint density at radius 3 is 2.77 bits per heavy atom. The highest BCUT2D eigenvalue weighted by Gasteiger charge is 2.36. The molecule has 0 aliphatic heterocycles. The third-order valence-corrected chi connectivity index (χ3v) is 4.53. The molecule has 134 valence electrons. The highest BCUT2D eigenvalue weighted by molar-refractivity contribution is 5.89. The number of hydrogen-bond donors (Lipinski definition) is 2. The van der Waals surface area contributed by atoms with Gasteiger partial charge in [-0.15, -0.1) is 0 Å². The molecule has 1 fully saturated rings. The second kappa shape index (κ2) is 6.99. The molecule has 2 aromatic heterocycles. The number of benzene rings is 1. The van der Waals surface area contributed by atoms with Gasteiger partial charge in [0, 0.05) is 30.3 Å². The van der Waals surface area contributed by atoms with Crippen molar-refractivity contribution >= 4 is 11.7 Å². The average Bonchev–Trinajstić information content (AvgIpc) is 3.15. The third-order valence-electron chi connectivity index (χ3n) is 4.53. The number of hydrogen-bond acceptors (Lipinski definition) is 4. The number of nitrogens with zero attached hydrogens (tertiary/aromatic N) is 5. The van der Waals surface area contributed by atoms with Crippen molar-refractivity contribution < 1.29 is 4.79 Å². The highest BCUT2D eigenvalue weighted by atomic mass is 16.2. The number of anilines is 1. The largest absolute Gasteiger partial charge is 0.328 e. The van der Waals surface area contributed by atoms with Crippen molar-refractivity contribution in [3.05, 3.63) is 55.1 Å². The molecule has 0 saturated heterocycles. The molecule has 0 radical (unpaired) electrons. The molecule has 0 bridgehead atoms. The molecule has 2 N–H and O–H groups in total. The second-order valence-corrected chi connectivity index (χ2v) is 6.36. The van der Waals surface area contributed by atoms with Crippen molar-refractivity contribution in [2.24, 2.45) is 5.92 Å². The second-order valence-electron chi connectivity index (χ2n) is 6.36. The topological polar surface area (TPSA) is 89.7 Å². The number of nitrogens with one attached hydrogen (secondary N) is 2. The fourth-order valence-electron chi connectivity index (χ4n) is 3.02. The molecule has 1 aromatic carbocycles. The van der Waals surface area contributed by atoms with Crippen molar-refractivity contribution in [3.63, 3.8) is 0 Å². The van der Waals surface area contributed by atoms with Gasteiger partial charge in [0.25, 0.3) is 0 Å². The molecule has 2 heterocycles. The predicted octanol–water partition coefficient (Wildman–Crippen LogP) is 2.76. The van der Waals surface area contributed by atoms with E-state index in [9.17, 15) is 4.79 Å². The van der Waals surface area contributed by atoms with Crippen LogP contribution in [0.15, 0.2) is 49.3 Å². The minimum absolute atomic E-state index is 0.109. The van der Waals surface area contributed by atoms with Crippen LogP contribution in [0.1, 0.15) is 31.6 Å². The lowest BCUT2D eigenvalue weighted by Gasteiger charge is -2.18. The number of urea groups is 1. The number of aromatic nitrogens is 5. The van der Waals surface area contributed by atoms with E-state index in [1.54, 1.807) is 18.9 Å². The molecule has 1 aliphatic rings. The lowest BCUT2D eigenvalue weighted by Crippen LogP contribution is -2.35. The van der Waals surface area contributed by atoms with E-state index < -0.39 is 0 Å².